The fourth-order valence-corrected chi connectivity index (χ4v) is 3.28. The lowest BCUT2D eigenvalue weighted by atomic mass is 10.1. The van der Waals surface area contributed by atoms with Crippen LogP contribution in [0.3, 0.4) is 0 Å². The lowest BCUT2D eigenvalue weighted by Crippen LogP contribution is -2.16. The van der Waals surface area contributed by atoms with Crippen molar-refractivity contribution in [2.24, 2.45) is 0 Å². The summed E-state index contributed by atoms with van der Waals surface area (Å²) in [5.74, 6) is -1.02. The van der Waals surface area contributed by atoms with Crippen LogP contribution in [0.25, 0.3) is 17.1 Å². The van der Waals surface area contributed by atoms with Gasteiger partial charge in [-0.3, -0.25) is 9.78 Å². The summed E-state index contributed by atoms with van der Waals surface area (Å²) in [6.45, 7) is -0.628. The second-order valence-corrected chi connectivity index (χ2v) is 7.03. The molecule has 0 aliphatic rings. The first-order chi connectivity index (χ1) is 15.0. The van der Waals surface area contributed by atoms with Crippen LogP contribution in [0.1, 0.15) is 15.9 Å². The van der Waals surface area contributed by atoms with Crippen LogP contribution in [0.15, 0.2) is 71.5 Å². The summed E-state index contributed by atoms with van der Waals surface area (Å²) in [7, 11) is 0. The van der Waals surface area contributed by atoms with Gasteiger partial charge >= 0.3 is 5.69 Å². The van der Waals surface area contributed by atoms with Crippen molar-refractivity contribution >= 4 is 23.2 Å². The van der Waals surface area contributed by atoms with Crippen molar-refractivity contribution in [3.8, 4) is 17.1 Å². The van der Waals surface area contributed by atoms with Crippen molar-refractivity contribution in [3.05, 3.63) is 99.2 Å². The Morgan fingerprint density at radius 3 is 2.55 bits per heavy atom. The number of benzene rings is 3. The molecule has 4 rings (SSSR count). The molecular formula is C22H15ClF2N4O2. The van der Waals surface area contributed by atoms with Crippen LogP contribution in [-0.2, 0) is 6.67 Å². The molecule has 0 fully saturated rings. The largest absolute Gasteiger partial charge is 0.348 e. The van der Waals surface area contributed by atoms with Crippen LogP contribution >= 0.6 is 11.6 Å². The van der Waals surface area contributed by atoms with Crippen LogP contribution in [-0.4, -0.2) is 20.7 Å². The molecule has 0 spiro atoms. The third-order valence-corrected chi connectivity index (χ3v) is 4.85. The highest BCUT2D eigenvalue weighted by molar-refractivity contribution is 6.33. The zero-order valence-electron chi connectivity index (χ0n) is 15.9. The van der Waals surface area contributed by atoms with Gasteiger partial charge in [0, 0.05) is 11.3 Å². The standard InChI is InChI=1S/C22H15ClF2N4O2/c23-17-5-2-6-18(25)19(17)20-27-22(31)29(28-20)16-9-7-14(8-10-16)21(30)26-15-4-1-3-13(11-15)12-24/h1-11H,12H2,(H,26,30)(H,27,28,31). The molecule has 0 unspecified atom stereocenters. The van der Waals surface area contributed by atoms with Crippen molar-refractivity contribution in [2.45, 2.75) is 6.67 Å². The molecule has 156 valence electrons. The van der Waals surface area contributed by atoms with E-state index in [4.69, 9.17) is 11.6 Å². The second kappa shape index (κ2) is 8.53. The van der Waals surface area contributed by atoms with Gasteiger partial charge < -0.3 is 5.32 Å². The second-order valence-electron chi connectivity index (χ2n) is 6.62. The average molecular weight is 441 g/mol. The monoisotopic (exact) mass is 440 g/mol. The average Bonchev–Trinajstić information content (AvgIpc) is 3.15. The van der Waals surface area contributed by atoms with Crippen molar-refractivity contribution in [1.82, 2.24) is 14.8 Å². The lowest BCUT2D eigenvalue weighted by molar-refractivity contribution is 0.102. The number of amides is 1. The number of aromatic amines is 1. The number of alkyl halides is 1. The highest BCUT2D eigenvalue weighted by Gasteiger charge is 2.16. The number of carbonyl (C=O) groups excluding carboxylic acids is 1. The Kier molecular flexibility index (Phi) is 5.64. The molecule has 3 aromatic carbocycles. The van der Waals surface area contributed by atoms with E-state index in [1.807, 2.05) is 0 Å². The molecule has 0 saturated heterocycles. The molecule has 0 bridgehead atoms. The molecule has 1 aromatic heterocycles. The Hall–Kier alpha value is -3.78. The SMILES string of the molecule is O=C(Nc1cccc(CF)c1)c1ccc(-n2nc(-c3c(F)cccc3Cl)[nH]c2=O)cc1. The number of rotatable bonds is 5. The Balaban J connectivity index is 1.58. The summed E-state index contributed by atoms with van der Waals surface area (Å²) in [6.07, 6.45) is 0. The van der Waals surface area contributed by atoms with Crippen LogP contribution in [0.2, 0.25) is 5.02 Å². The van der Waals surface area contributed by atoms with Crippen LogP contribution in [0, 0.1) is 5.82 Å². The van der Waals surface area contributed by atoms with E-state index in [1.54, 1.807) is 24.3 Å². The predicted octanol–water partition coefficient (Wildman–Crippen LogP) is 4.74. The van der Waals surface area contributed by atoms with Crippen molar-refractivity contribution in [1.29, 1.82) is 0 Å². The van der Waals surface area contributed by atoms with E-state index in [2.05, 4.69) is 15.4 Å². The predicted molar refractivity (Wildman–Crippen MR) is 114 cm³/mol. The summed E-state index contributed by atoms with van der Waals surface area (Å²) in [4.78, 5) is 27.3. The molecule has 0 radical (unpaired) electrons. The van der Waals surface area contributed by atoms with Crippen molar-refractivity contribution < 1.29 is 13.6 Å². The van der Waals surface area contributed by atoms with Gasteiger partial charge in [0.05, 0.1) is 16.3 Å². The van der Waals surface area contributed by atoms with E-state index in [1.165, 1.54) is 42.5 Å². The minimum absolute atomic E-state index is 0.00785. The maximum atomic E-state index is 14.1. The number of H-pyrrole nitrogens is 1. The van der Waals surface area contributed by atoms with E-state index >= 15 is 0 Å². The molecule has 0 aliphatic heterocycles. The fraction of sp³-hybridized carbons (Fsp3) is 0.0455. The van der Waals surface area contributed by atoms with E-state index in [0.29, 0.717) is 22.5 Å². The first-order valence-corrected chi connectivity index (χ1v) is 9.54. The van der Waals surface area contributed by atoms with Gasteiger partial charge in [-0.25, -0.2) is 13.6 Å². The maximum Gasteiger partial charge on any atom is 0.348 e. The number of carbonyl (C=O) groups is 1. The fourth-order valence-electron chi connectivity index (χ4n) is 3.03. The van der Waals surface area contributed by atoms with Gasteiger partial charge in [-0.2, -0.15) is 4.68 Å². The Labute approximate surface area is 180 Å². The Bertz CT molecular complexity index is 1300. The molecule has 4 aromatic rings. The first kappa shape index (κ1) is 20.5. The van der Waals surface area contributed by atoms with E-state index in [9.17, 15) is 18.4 Å². The first-order valence-electron chi connectivity index (χ1n) is 9.16. The van der Waals surface area contributed by atoms with Gasteiger partial charge in [-0.05, 0) is 54.1 Å². The minimum atomic E-state index is -0.628. The summed E-state index contributed by atoms with van der Waals surface area (Å²) >= 11 is 6.04. The highest BCUT2D eigenvalue weighted by Crippen LogP contribution is 2.27. The van der Waals surface area contributed by atoms with Crippen LogP contribution < -0.4 is 11.0 Å². The van der Waals surface area contributed by atoms with Crippen LogP contribution in [0.4, 0.5) is 14.5 Å². The normalized spacial score (nSPS) is 10.8. The number of halogens is 3. The highest BCUT2D eigenvalue weighted by atomic mass is 35.5. The topological polar surface area (TPSA) is 79.8 Å². The third kappa shape index (κ3) is 4.24. The van der Waals surface area contributed by atoms with Crippen molar-refractivity contribution in [3.63, 3.8) is 0 Å². The summed E-state index contributed by atoms with van der Waals surface area (Å²) < 4.78 is 28.0. The number of aromatic nitrogens is 3. The van der Waals surface area contributed by atoms with Gasteiger partial charge in [-0.1, -0.05) is 29.8 Å². The zero-order chi connectivity index (χ0) is 22.0. The quantitative estimate of drug-likeness (QED) is 0.470. The van der Waals surface area contributed by atoms with Gasteiger partial charge in [0.1, 0.15) is 12.5 Å². The molecular weight excluding hydrogens is 426 g/mol. The van der Waals surface area contributed by atoms with Gasteiger partial charge in [0.25, 0.3) is 5.91 Å². The van der Waals surface area contributed by atoms with E-state index in [-0.39, 0.29) is 16.4 Å². The van der Waals surface area contributed by atoms with Gasteiger partial charge in [-0.15, -0.1) is 5.10 Å². The third-order valence-electron chi connectivity index (χ3n) is 4.53. The molecule has 31 heavy (non-hydrogen) atoms. The summed E-state index contributed by atoms with van der Waals surface area (Å²) in [6, 6.07) is 16.7. The van der Waals surface area contributed by atoms with Gasteiger partial charge in [0.15, 0.2) is 5.82 Å². The Morgan fingerprint density at radius 2 is 1.84 bits per heavy atom. The minimum Gasteiger partial charge on any atom is -0.322 e. The lowest BCUT2D eigenvalue weighted by Gasteiger charge is -2.07. The molecule has 6 nitrogen and oxygen atoms in total. The van der Waals surface area contributed by atoms with Crippen molar-refractivity contribution in [2.75, 3.05) is 5.32 Å². The molecule has 9 heteroatoms. The van der Waals surface area contributed by atoms with Crippen LogP contribution in [0.5, 0.6) is 0 Å². The molecule has 0 saturated carbocycles. The molecule has 2 N–H and O–H groups in total. The number of nitrogens with one attached hydrogen (secondary N) is 2. The summed E-state index contributed by atoms with van der Waals surface area (Å²) in [5, 5.41) is 6.93. The molecule has 1 amide bonds. The van der Waals surface area contributed by atoms with Gasteiger partial charge in [0.2, 0.25) is 0 Å². The molecule has 0 atom stereocenters. The smallest absolute Gasteiger partial charge is 0.322 e. The zero-order valence-corrected chi connectivity index (χ0v) is 16.7. The summed E-state index contributed by atoms with van der Waals surface area (Å²) in [5.41, 5.74) is 1.03. The Morgan fingerprint density at radius 1 is 1.10 bits per heavy atom. The van der Waals surface area contributed by atoms with E-state index in [0.717, 1.165) is 4.68 Å². The number of hydrogen-bond acceptors (Lipinski definition) is 3. The number of anilines is 1. The molecule has 0 aliphatic carbocycles. The maximum absolute atomic E-state index is 14.1. The number of nitrogens with zero attached hydrogens (tertiary/aromatic N) is 2. The molecule has 1 heterocycles. The number of hydrogen-bond donors (Lipinski definition) is 2. The van der Waals surface area contributed by atoms with E-state index < -0.39 is 24.1 Å².